The van der Waals surface area contributed by atoms with Gasteiger partial charge in [0.05, 0.1) is 0 Å². The zero-order valence-electron chi connectivity index (χ0n) is 3.27. The van der Waals surface area contributed by atoms with Gasteiger partial charge in [0.2, 0.25) is 0 Å². The molecule has 0 saturated carbocycles. The van der Waals surface area contributed by atoms with Crippen LogP contribution in [0.3, 0.4) is 0 Å². The topological polar surface area (TPSA) is 0 Å². The van der Waals surface area contributed by atoms with Crippen molar-refractivity contribution >= 4 is 95.6 Å². The second kappa shape index (κ2) is 4.27. The summed E-state index contributed by atoms with van der Waals surface area (Å²) in [5, 5.41) is 0. The second-order valence-corrected chi connectivity index (χ2v) is 140. The molecular formula is Br6Ge2. The monoisotopic (exact) mass is 621 g/mol. The van der Waals surface area contributed by atoms with Crippen molar-refractivity contribution < 1.29 is 0 Å². The van der Waals surface area contributed by atoms with E-state index in [9.17, 15) is 0 Å². The van der Waals surface area contributed by atoms with Crippen LogP contribution in [0.4, 0.5) is 0 Å². The standard InChI is InChI=1S/Br6Ge2/c1-7(2,3)8(4,5)6. The molecule has 0 unspecified atom stereocenters. The van der Waals surface area contributed by atoms with Crippen LogP contribution in [-0.2, 0) is 0 Å². The molecule has 0 N–H and O–H groups in total. The molecule has 50 valence electrons. The Hall–Kier alpha value is 3.97. The van der Waals surface area contributed by atoms with Crippen LogP contribution in [0.25, 0.3) is 0 Å². The summed E-state index contributed by atoms with van der Waals surface area (Å²) < 4.78 is 0. The van der Waals surface area contributed by atoms with Crippen molar-refractivity contribution in [1.29, 1.82) is 0 Å². The molecule has 0 amide bonds. The van der Waals surface area contributed by atoms with Crippen LogP contribution in [0.2, 0.25) is 0 Å². The van der Waals surface area contributed by atoms with Gasteiger partial charge in [0, 0.05) is 0 Å². The fourth-order valence-electron chi connectivity index (χ4n) is 0. The average molecular weight is 625 g/mol. The molecule has 0 nitrogen and oxygen atoms in total. The first-order valence-electron chi connectivity index (χ1n) is 1.38. The van der Waals surface area contributed by atoms with Crippen LogP contribution in [0.1, 0.15) is 0 Å². The van der Waals surface area contributed by atoms with Crippen molar-refractivity contribution in [1.82, 2.24) is 0 Å². The van der Waals surface area contributed by atoms with Gasteiger partial charge in [-0.2, -0.15) is 0 Å². The van der Waals surface area contributed by atoms with Gasteiger partial charge in [-0.3, -0.25) is 0 Å². The quantitative estimate of drug-likeness (QED) is 0.382. The van der Waals surface area contributed by atoms with Crippen molar-refractivity contribution in [3.05, 3.63) is 0 Å². The average Bonchev–Trinajstić information content (AvgIpc) is 1.25. The predicted molar refractivity (Wildman–Crippen MR) is 65.1 cm³/mol. The first-order valence-corrected chi connectivity index (χ1v) is 37.4. The molecule has 0 aromatic heterocycles. The second-order valence-electron chi connectivity index (χ2n) is 0.996. The van der Waals surface area contributed by atoms with E-state index < -0.39 is 11.5 Å². The van der Waals surface area contributed by atoms with E-state index in [1.54, 1.807) is 0 Å². The summed E-state index contributed by atoms with van der Waals surface area (Å²) in [5.74, 6) is -3.88. The summed E-state index contributed by atoms with van der Waals surface area (Å²) in [6.45, 7) is 0. The molecule has 0 aliphatic heterocycles. The zero-order valence-corrected chi connectivity index (χ0v) is 17.0. The summed E-state index contributed by atoms with van der Waals surface area (Å²) >= 11 is 21.4. The molecule has 0 bridgehead atoms. The van der Waals surface area contributed by atoms with Crippen LogP contribution < -0.4 is 0 Å². The summed E-state index contributed by atoms with van der Waals surface area (Å²) in [7, 11) is 0. The number of hydrogen-bond donors (Lipinski definition) is 0. The Kier molecular flexibility index (Phi) is 6.39. The molecule has 0 spiro atoms. The Morgan fingerprint density at radius 3 is 0.625 bits per heavy atom. The molecule has 8 heteroatoms. The normalized spacial score (nSPS) is 14.2. The van der Waals surface area contributed by atoms with Crippen LogP contribution in [0, 0.1) is 0 Å². The minimum atomic E-state index is -1.94. The third-order valence-corrected chi connectivity index (χ3v) is 234. The third kappa shape index (κ3) is 4.77. The van der Waals surface area contributed by atoms with Gasteiger partial charge >= 0.3 is 95.6 Å². The number of halogens is 6. The van der Waals surface area contributed by atoms with Gasteiger partial charge < -0.3 is 0 Å². The van der Waals surface area contributed by atoms with Gasteiger partial charge in [-0.05, 0) is 0 Å². The van der Waals surface area contributed by atoms with Gasteiger partial charge in [0.25, 0.3) is 0 Å². The number of hydrogen-bond acceptors (Lipinski definition) is 0. The van der Waals surface area contributed by atoms with E-state index in [4.69, 9.17) is 0 Å². The van der Waals surface area contributed by atoms with Crippen LogP contribution >= 0.6 is 84.0 Å². The molecule has 0 aliphatic rings. The first-order chi connectivity index (χ1) is 3.25. The van der Waals surface area contributed by atoms with Crippen LogP contribution in [0.15, 0.2) is 0 Å². The molecule has 0 radical (unpaired) electrons. The van der Waals surface area contributed by atoms with Crippen molar-refractivity contribution in [3.8, 4) is 0 Å². The predicted octanol–water partition coefficient (Wildman–Crippen LogP) is 4.31. The van der Waals surface area contributed by atoms with Crippen molar-refractivity contribution in [2.45, 2.75) is 0 Å². The molecule has 0 saturated heterocycles. The van der Waals surface area contributed by atoms with Crippen molar-refractivity contribution in [3.63, 3.8) is 0 Å². The fraction of sp³-hybridized carbons (Fsp3) is 0. The minimum absolute atomic E-state index is 1.94. The molecule has 0 aromatic rings. The van der Waals surface area contributed by atoms with Gasteiger partial charge in [0.15, 0.2) is 0 Å². The molecule has 0 heterocycles. The maximum absolute atomic E-state index is 3.56. The fourth-order valence-corrected chi connectivity index (χ4v) is 0. The molecule has 0 atom stereocenters. The Balaban J connectivity index is 4.02. The summed E-state index contributed by atoms with van der Waals surface area (Å²) in [4.78, 5) is 0. The van der Waals surface area contributed by atoms with E-state index >= 15 is 0 Å². The molecule has 0 aliphatic carbocycles. The van der Waals surface area contributed by atoms with Crippen LogP contribution in [-0.4, -0.2) is 11.5 Å². The molecule has 0 aromatic carbocycles. The Morgan fingerprint density at radius 1 is 0.500 bits per heavy atom. The Morgan fingerprint density at radius 2 is 0.625 bits per heavy atom. The Bertz CT molecular complexity index is 61.5. The van der Waals surface area contributed by atoms with E-state index in [0.29, 0.717) is 0 Å². The SMILES string of the molecule is [Br][Ge]([Br])([Br])[Ge]([Br])([Br])[Br]. The van der Waals surface area contributed by atoms with E-state index in [1.165, 1.54) is 0 Å². The summed E-state index contributed by atoms with van der Waals surface area (Å²) in [5.41, 5.74) is 0. The molecular weight excluding hydrogens is 625 g/mol. The van der Waals surface area contributed by atoms with Gasteiger partial charge in [-0.15, -0.1) is 0 Å². The van der Waals surface area contributed by atoms with Gasteiger partial charge in [-0.1, -0.05) is 0 Å². The molecule has 8 heavy (non-hydrogen) atoms. The molecule has 0 rings (SSSR count). The first kappa shape index (κ1) is 12.0. The maximum atomic E-state index is 3.56. The molecule has 0 fully saturated rings. The van der Waals surface area contributed by atoms with Crippen molar-refractivity contribution in [2.75, 3.05) is 0 Å². The van der Waals surface area contributed by atoms with E-state index in [1.807, 2.05) is 0 Å². The Labute approximate surface area is 93.1 Å². The van der Waals surface area contributed by atoms with Gasteiger partial charge in [-0.25, -0.2) is 0 Å². The third-order valence-electron chi connectivity index (χ3n) is 0.321. The van der Waals surface area contributed by atoms with Crippen LogP contribution in [0.5, 0.6) is 0 Å². The summed E-state index contributed by atoms with van der Waals surface area (Å²) in [6.07, 6.45) is 0. The van der Waals surface area contributed by atoms with E-state index in [2.05, 4.69) is 84.0 Å². The van der Waals surface area contributed by atoms with Gasteiger partial charge in [0.1, 0.15) is 0 Å². The van der Waals surface area contributed by atoms with Crippen molar-refractivity contribution in [2.24, 2.45) is 0 Å². The van der Waals surface area contributed by atoms with E-state index in [0.717, 1.165) is 0 Å². The van der Waals surface area contributed by atoms with E-state index in [-0.39, 0.29) is 0 Å². The summed E-state index contributed by atoms with van der Waals surface area (Å²) in [6, 6.07) is 0. The number of rotatable bonds is 1. The zero-order chi connectivity index (χ0) is 7.00.